The smallest absolute Gasteiger partial charge is 0.229 e. The molecular weight excluding hydrogens is 531 g/mol. The molecule has 4 nitrogen and oxygen atoms in total. The number of oxazole rings is 1. The molecule has 37 heavy (non-hydrogen) atoms. The Hall–Kier alpha value is -3.60. The average molecular weight is 553 g/mol. The summed E-state index contributed by atoms with van der Waals surface area (Å²) in [6.45, 7) is 2.14. The minimum Gasteiger partial charge on any atom is -0.490 e. The third-order valence-corrected chi connectivity index (χ3v) is 6.94. The molecule has 0 N–H and O–H groups in total. The van der Waals surface area contributed by atoms with Crippen molar-refractivity contribution in [3.63, 3.8) is 0 Å². The molecule has 1 radical (unpaired) electrons. The summed E-state index contributed by atoms with van der Waals surface area (Å²) in [6, 6.07) is 38.7. The minimum absolute atomic E-state index is 0. The summed E-state index contributed by atoms with van der Waals surface area (Å²) in [5.74, 6) is 1.08. The number of nitrogens with zero attached hydrogens (tertiary/aromatic N) is 3. The minimum atomic E-state index is 0. The molecule has 5 aromatic carbocycles. The van der Waals surface area contributed by atoms with Crippen molar-refractivity contribution in [1.29, 1.82) is 0 Å². The number of hydrogen-bond acceptors (Lipinski definition) is 2. The number of hydrogen-bond donors (Lipinski definition) is 0. The van der Waals surface area contributed by atoms with Gasteiger partial charge in [-0.25, -0.2) is 15.1 Å². The zero-order valence-corrected chi connectivity index (χ0v) is 23.4. The number of benzene rings is 5. The zero-order chi connectivity index (χ0) is 24.2. The first-order valence-corrected chi connectivity index (χ1v) is 12.0. The van der Waals surface area contributed by atoms with Crippen LogP contribution in [0.2, 0.25) is 0 Å². The Morgan fingerprint density at radius 1 is 0.892 bits per heavy atom. The number of para-hydroxylation sites is 1. The number of aryl methyl sites for hydroxylation is 2. The number of aromatic nitrogens is 3. The molecule has 7 aromatic rings. The van der Waals surface area contributed by atoms with Crippen LogP contribution in [0.4, 0.5) is 0 Å². The van der Waals surface area contributed by atoms with Gasteiger partial charge in [0.25, 0.3) is 0 Å². The van der Waals surface area contributed by atoms with Crippen LogP contribution in [-0.2, 0) is 39.8 Å². The monoisotopic (exact) mass is 553 g/mol. The summed E-state index contributed by atoms with van der Waals surface area (Å²) < 4.78 is 10.1. The van der Waals surface area contributed by atoms with E-state index >= 15 is 0 Å². The van der Waals surface area contributed by atoms with Gasteiger partial charge in [-0.1, -0.05) is 43.3 Å². The summed E-state index contributed by atoms with van der Waals surface area (Å²) in [5, 5.41) is 2.44. The van der Waals surface area contributed by atoms with Crippen molar-refractivity contribution < 1.29 is 41.7 Å². The van der Waals surface area contributed by atoms with Crippen LogP contribution in [0.25, 0.3) is 61.1 Å². The maximum Gasteiger partial charge on any atom is 0.229 e. The molecule has 2 heterocycles. The molecule has 0 bridgehead atoms. The Morgan fingerprint density at radius 3 is 2.57 bits per heavy atom. The predicted octanol–water partition coefficient (Wildman–Crippen LogP) is 6.99. The van der Waals surface area contributed by atoms with Crippen molar-refractivity contribution >= 4 is 32.9 Å². The van der Waals surface area contributed by atoms with Crippen LogP contribution in [0.5, 0.6) is 0 Å². The molecule has 0 saturated heterocycles. The van der Waals surface area contributed by atoms with Gasteiger partial charge in [-0.2, -0.15) is 23.8 Å². The van der Waals surface area contributed by atoms with Crippen LogP contribution in [0.15, 0.2) is 102 Å². The summed E-state index contributed by atoms with van der Waals surface area (Å²) in [7, 11) is 2.14. The van der Waals surface area contributed by atoms with E-state index < -0.39 is 0 Å². The van der Waals surface area contributed by atoms with Gasteiger partial charge in [-0.15, -0.1) is 23.8 Å². The van der Waals surface area contributed by atoms with Crippen LogP contribution in [-0.4, -0.2) is 9.55 Å². The second-order valence-corrected chi connectivity index (χ2v) is 9.09. The molecule has 0 atom stereocenters. The van der Waals surface area contributed by atoms with Gasteiger partial charge in [0.15, 0.2) is 17.4 Å². The molecule has 0 aliphatic carbocycles. The molecule has 0 unspecified atom stereocenters. The average Bonchev–Trinajstić information content (AvgIpc) is 3.51. The third kappa shape index (κ3) is 3.83. The van der Waals surface area contributed by atoms with Crippen LogP contribution >= 0.6 is 0 Å². The SMILES string of the molecule is Cc1ccc(-c2[c-]cc3ocnc3c2)[c-]c1-c1n(-c2ccccc2)c2c3ccccc3ccc2[n+]1C.[Y]. The van der Waals surface area contributed by atoms with E-state index in [0.29, 0.717) is 0 Å². The standard InChI is InChI=1S/C32H22N3O.Y/c1-21-12-13-23(24-15-17-30-28(19-24)33-20-36-30)18-27(21)32-34(2)29-16-14-22-8-6-7-11-26(22)31(29)35(32)25-9-4-3-5-10-25;/h3-14,16-17,19-20H,1-2H3;/q-1;. The van der Waals surface area contributed by atoms with Crippen molar-refractivity contribution in [2.45, 2.75) is 6.92 Å². The molecule has 175 valence electrons. The van der Waals surface area contributed by atoms with Gasteiger partial charge in [0.05, 0.1) is 12.6 Å². The second-order valence-electron chi connectivity index (χ2n) is 9.09. The third-order valence-electron chi connectivity index (χ3n) is 6.94. The molecule has 5 heteroatoms. The van der Waals surface area contributed by atoms with E-state index in [1.807, 2.05) is 12.1 Å². The van der Waals surface area contributed by atoms with Crippen molar-refractivity contribution in [3.05, 3.63) is 115 Å². The summed E-state index contributed by atoms with van der Waals surface area (Å²) >= 11 is 0. The molecule has 0 spiro atoms. The maximum atomic E-state index is 5.41. The topological polar surface area (TPSA) is 34.8 Å². The fourth-order valence-corrected chi connectivity index (χ4v) is 5.14. The Labute approximate surface area is 240 Å². The van der Waals surface area contributed by atoms with Crippen LogP contribution in [0, 0.1) is 19.1 Å². The van der Waals surface area contributed by atoms with Crippen LogP contribution in [0.3, 0.4) is 0 Å². The van der Waals surface area contributed by atoms with Crippen molar-refractivity contribution in [1.82, 2.24) is 9.55 Å². The molecule has 0 aliphatic heterocycles. The van der Waals surface area contributed by atoms with Crippen LogP contribution in [0.1, 0.15) is 5.56 Å². The molecule has 7 rings (SSSR count). The van der Waals surface area contributed by atoms with E-state index in [4.69, 9.17) is 4.42 Å². The largest absolute Gasteiger partial charge is 0.490 e. The summed E-state index contributed by atoms with van der Waals surface area (Å²) in [4.78, 5) is 4.32. The molecular formula is C32H22N3OY-. The van der Waals surface area contributed by atoms with Crippen molar-refractivity contribution in [2.24, 2.45) is 7.05 Å². The Bertz CT molecular complexity index is 1920. The van der Waals surface area contributed by atoms with E-state index in [1.54, 1.807) is 0 Å². The fraction of sp³-hybridized carbons (Fsp3) is 0.0625. The summed E-state index contributed by atoms with van der Waals surface area (Å²) in [6.07, 6.45) is 1.47. The quantitative estimate of drug-likeness (QED) is 0.175. The van der Waals surface area contributed by atoms with Gasteiger partial charge in [-0.3, -0.25) is 4.57 Å². The maximum absolute atomic E-state index is 5.41. The van der Waals surface area contributed by atoms with Gasteiger partial charge in [0.2, 0.25) is 5.82 Å². The number of rotatable bonds is 3. The van der Waals surface area contributed by atoms with Gasteiger partial charge < -0.3 is 4.42 Å². The van der Waals surface area contributed by atoms with E-state index in [2.05, 4.69) is 119 Å². The fourth-order valence-electron chi connectivity index (χ4n) is 5.14. The molecule has 0 amide bonds. The Kier molecular flexibility index (Phi) is 6.02. The zero-order valence-electron chi connectivity index (χ0n) is 20.6. The van der Waals surface area contributed by atoms with Gasteiger partial charge in [0, 0.05) is 43.6 Å². The number of fused-ring (bicyclic) bond motifs is 4. The molecule has 2 aromatic heterocycles. The number of imidazole rings is 1. The van der Waals surface area contributed by atoms with Gasteiger partial charge in [0.1, 0.15) is 5.69 Å². The Morgan fingerprint density at radius 2 is 1.70 bits per heavy atom. The van der Waals surface area contributed by atoms with E-state index in [0.717, 1.165) is 44.9 Å². The first-order valence-electron chi connectivity index (χ1n) is 12.0. The normalized spacial score (nSPS) is 11.3. The predicted molar refractivity (Wildman–Crippen MR) is 143 cm³/mol. The van der Waals surface area contributed by atoms with Crippen molar-refractivity contribution in [3.8, 4) is 28.2 Å². The van der Waals surface area contributed by atoms with E-state index in [9.17, 15) is 0 Å². The molecule has 0 aliphatic rings. The van der Waals surface area contributed by atoms with E-state index in [1.165, 1.54) is 28.2 Å². The second kappa shape index (κ2) is 9.37. The summed E-state index contributed by atoms with van der Waals surface area (Å²) in [5.41, 5.74) is 9.12. The van der Waals surface area contributed by atoms with E-state index in [-0.39, 0.29) is 32.7 Å². The molecule has 0 saturated carbocycles. The first kappa shape index (κ1) is 23.8. The Balaban J connectivity index is 0.00000252. The van der Waals surface area contributed by atoms with Crippen molar-refractivity contribution in [2.75, 3.05) is 0 Å². The van der Waals surface area contributed by atoms with Gasteiger partial charge in [-0.05, 0) is 41.3 Å². The first-order chi connectivity index (χ1) is 17.7. The van der Waals surface area contributed by atoms with Gasteiger partial charge >= 0.3 is 0 Å². The van der Waals surface area contributed by atoms with Crippen LogP contribution < -0.4 is 4.57 Å². The molecule has 0 fully saturated rings.